The zero-order valence-corrected chi connectivity index (χ0v) is 14.4. The van der Waals surface area contributed by atoms with Crippen LogP contribution >= 0.6 is 0 Å². The molecule has 7 heteroatoms. The maximum atomic E-state index is 12.8. The molecule has 2 aromatic heterocycles. The molecule has 0 radical (unpaired) electrons. The van der Waals surface area contributed by atoms with Crippen LogP contribution in [-0.2, 0) is 18.4 Å². The number of hydrogen-bond acceptors (Lipinski definition) is 4. The lowest BCUT2D eigenvalue weighted by Gasteiger charge is -2.33. The third-order valence-corrected chi connectivity index (χ3v) is 4.43. The Balaban J connectivity index is 2.10. The Morgan fingerprint density at radius 1 is 1.35 bits per heavy atom. The van der Waals surface area contributed by atoms with E-state index in [1.165, 1.54) is 0 Å². The van der Waals surface area contributed by atoms with Gasteiger partial charge in [-0.05, 0) is 32.3 Å². The van der Waals surface area contributed by atoms with E-state index >= 15 is 0 Å². The molecule has 7 nitrogen and oxygen atoms in total. The Hall–Kier alpha value is -2.18. The average Bonchev–Trinajstić information content (AvgIpc) is 3.05. The Labute approximate surface area is 136 Å². The quantitative estimate of drug-likeness (QED) is 0.864. The Morgan fingerprint density at radius 2 is 2.09 bits per heavy atom. The first kappa shape index (κ1) is 15.7. The smallest absolute Gasteiger partial charge is 0.246 e. The molecule has 0 spiro atoms. The zero-order valence-electron chi connectivity index (χ0n) is 14.4. The fraction of sp³-hybridized carbons (Fsp3) is 0.625. The maximum absolute atomic E-state index is 12.8. The Bertz CT molecular complexity index is 710. The van der Waals surface area contributed by atoms with Crippen LogP contribution in [0.2, 0.25) is 0 Å². The minimum absolute atomic E-state index is 0.155. The summed E-state index contributed by atoms with van der Waals surface area (Å²) >= 11 is 0. The number of fused-ring (bicyclic) bond motifs is 1. The van der Waals surface area contributed by atoms with Gasteiger partial charge in [0.2, 0.25) is 5.91 Å². The second-order valence-corrected chi connectivity index (χ2v) is 6.60. The first-order chi connectivity index (χ1) is 10.9. The summed E-state index contributed by atoms with van der Waals surface area (Å²) in [5.74, 6) is 2.10. The molecule has 0 N–H and O–H groups in total. The Kier molecular flexibility index (Phi) is 3.95. The van der Waals surface area contributed by atoms with Crippen LogP contribution in [0.1, 0.15) is 44.8 Å². The van der Waals surface area contributed by atoms with E-state index in [9.17, 15) is 4.79 Å². The summed E-state index contributed by atoms with van der Waals surface area (Å²) in [6, 6.07) is 1.74. The van der Waals surface area contributed by atoms with E-state index in [2.05, 4.69) is 29.1 Å². The third kappa shape index (κ3) is 2.64. The standard InChI is InChI=1S/C16H24N6O/c1-6-21-9-14-17-18-15(12-8-11(4)20(5)19-12)22(14)13(16(21)23)7-10(2)3/h8,10,13H,6-7,9H2,1-5H3/t13-/m0/s1. The number of rotatable bonds is 4. The van der Waals surface area contributed by atoms with Crippen LogP contribution in [0.5, 0.6) is 0 Å². The summed E-state index contributed by atoms with van der Waals surface area (Å²) in [6.07, 6.45) is 0.777. The highest BCUT2D eigenvalue weighted by Crippen LogP contribution is 2.31. The molecule has 3 rings (SSSR count). The van der Waals surface area contributed by atoms with Crippen molar-refractivity contribution in [1.29, 1.82) is 0 Å². The summed E-state index contributed by atoms with van der Waals surface area (Å²) in [5.41, 5.74) is 1.82. The minimum Gasteiger partial charge on any atom is -0.334 e. The highest BCUT2D eigenvalue weighted by molar-refractivity contribution is 5.82. The molecular formula is C16H24N6O. The van der Waals surface area contributed by atoms with Crippen molar-refractivity contribution in [3.8, 4) is 11.5 Å². The molecule has 1 aliphatic heterocycles. The molecule has 0 saturated heterocycles. The van der Waals surface area contributed by atoms with Crippen LogP contribution in [0.4, 0.5) is 0 Å². The predicted molar refractivity (Wildman–Crippen MR) is 86.5 cm³/mol. The topological polar surface area (TPSA) is 68.8 Å². The van der Waals surface area contributed by atoms with Crippen molar-refractivity contribution in [2.75, 3.05) is 6.54 Å². The second kappa shape index (κ2) is 5.79. The van der Waals surface area contributed by atoms with Gasteiger partial charge in [0.15, 0.2) is 11.6 Å². The van der Waals surface area contributed by atoms with E-state index in [1.807, 2.05) is 41.1 Å². The lowest BCUT2D eigenvalue weighted by atomic mass is 10.0. The summed E-state index contributed by atoms with van der Waals surface area (Å²) in [4.78, 5) is 14.7. The first-order valence-electron chi connectivity index (χ1n) is 8.16. The number of carbonyl (C=O) groups is 1. The molecule has 0 aliphatic carbocycles. The number of aryl methyl sites for hydroxylation is 2. The molecule has 0 fully saturated rings. The third-order valence-electron chi connectivity index (χ3n) is 4.43. The fourth-order valence-electron chi connectivity index (χ4n) is 3.09. The molecule has 2 aromatic rings. The van der Waals surface area contributed by atoms with Gasteiger partial charge in [-0.1, -0.05) is 13.8 Å². The van der Waals surface area contributed by atoms with Crippen molar-refractivity contribution in [3.05, 3.63) is 17.6 Å². The van der Waals surface area contributed by atoms with Crippen LogP contribution in [0.25, 0.3) is 11.5 Å². The monoisotopic (exact) mass is 316 g/mol. The number of nitrogens with zero attached hydrogens (tertiary/aromatic N) is 6. The summed E-state index contributed by atoms with van der Waals surface area (Å²) in [5, 5.41) is 13.2. The lowest BCUT2D eigenvalue weighted by molar-refractivity contribution is -0.137. The van der Waals surface area contributed by atoms with Gasteiger partial charge in [0.25, 0.3) is 0 Å². The molecule has 0 unspecified atom stereocenters. The van der Waals surface area contributed by atoms with Gasteiger partial charge in [-0.25, -0.2) is 0 Å². The van der Waals surface area contributed by atoms with E-state index in [0.717, 1.165) is 23.6 Å². The molecule has 1 atom stereocenters. The summed E-state index contributed by atoms with van der Waals surface area (Å²) < 4.78 is 3.81. The molecule has 0 saturated carbocycles. The molecule has 3 heterocycles. The largest absolute Gasteiger partial charge is 0.334 e. The number of aromatic nitrogens is 5. The molecule has 124 valence electrons. The van der Waals surface area contributed by atoms with Gasteiger partial charge in [-0.15, -0.1) is 10.2 Å². The highest BCUT2D eigenvalue weighted by atomic mass is 16.2. The van der Waals surface area contributed by atoms with Gasteiger partial charge >= 0.3 is 0 Å². The summed E-state index contributed by atoms with van der Waals surface area (Å²) in [6.45, 7) is 9.47. The van der Waals surface area contributed by atoms with Crippen LogP contribution in [0, 0.1) is 12.8 Å². The van der Waals surface area contributed by atoms with Gasteiger partial charge in [0.05, 0.1) is 6.54 Å². The van der Waals surface area contributed by atoms with E-state index in [1.54, 1.807) is 0 Å². The van der Waals surface area contributed by atoms with Crippen LogP contribution in [0.15, 0.2) is 6.07 Å². The van der Waals surface area contributed by atoms with E-state index in [4.69, 9.17) is 0 Å². The fourth-order valence-corrected chi connectivity index (χ4v) is 3.09. The number of hydrogen-bond donors (Lipinski definition) is 0. The van der Waals surface area contributed by atoms with Gasteiger partial charge < -0.3 is 4.90 Å². The second-order valence-electron chi connectivity index (χ2n) is 6.60. The van der Waals surface area contributed by atoms with Gasteiger partial charge in [-0.2, -0.15) is 5.10 Å². The number of likely N-dealkylation sites (N-methyl/N-ethyl adjacent to an activating group) is 1. The van der Waals surface area contributed by atoms with E-state index in [0.29, 0.717) is 24.8 Å². The lowest BCUT2D eigenvalue weighted by Crippen LogP contribution is -2.43. The molecule has 1 aliphatic rings. The van der Waals surface area contributed by atoms with Crippen molar-refractivity contribution in [2.24, 2.45) is 13.0 Å². The molecular weight excluding hydrogens is 292 g/mol. The molecule has 0 bridgehead atoms. The van der Waals surface area contributed by atoms with Crippen molar-refractivity contribution in [1.82, 2.24) is 29.4 Å². The molecule has 23 heavy (non-hydrogen) atoms. The van der Waals surface area contributed by atoms with Gasteiger partial charge in [0.1, 0.15) is 11.7 Å². The number of carbonyl (C=O) groups excluding carboxylic acids is 1. The van der Waals surface area contributed by atoms with Crippen molar-refractivity contribution in [2.45, 2.75) is 46.7 Å². The maximum Gasteiger partial charge on any atom is 0.246 e. The van der Waals surface area contributed by atoms with Gasteiger partial charge in [0, 0.05) is 19.3 Å². The van der Waals surface area contributed by atoms with Crippen molar-refractivity contribution < 1.29 is 4.79 Å². The van der Waals surface area contributed by atoms with Gasteiger partial charge in [-0.3, -0.25) is 14.0 Å². The molecule has 1 amide bonds. The SMILES string of the molecule is CCN1Cc2nnc(-c3cc(C)n(C)n3)n2[C@@H](CC(C)C)C1=O. The highest BCUT2D eigenvalue weighted by Gasteiger charge is 2.36. The van der Waals surface area contributed by atoms with Crippen molar-refractivity contribution >= 4 is 5.91 Å². The predicted octanol–water partition coefficient (Wildman–Crippen LogP) is 1.94. The van der Waals surface area contributed by atoms with Crippen molar-refractivity contribution in [3.63, 3.8) is 0 Å². The van der Waals surface area contributed by atoms with E-state index < -0.39 is 0 Å². The van der Waals surface area contributed by atoms with E-state index in [-0.39, 0.29) is 11.9 Å². The average molecular weight is 316 g/mol. The molecule has 0 aromatic carbocycles. The van der Waals surface area contributed by atoms with Crippen LogP contribution in [-0.4, -0.2) is 41.9 Å². The zero-order chi connectivity index (χ0) is 16.7. The normalized spacial score (nSPS) is 17.9. The summed E-state index contributed by atoms with van der Waals surface area (Å²) in [7, 11) is 1.90. The van der Waals surface area contributed by atoms with Crippen LogP contribution < -0.4 is 0 Å². The minimum atomic E-state index is -0.244. The number of amides is 1. The Morgan fingerprint density at radius 3 is 2.65 bits per heavy atom. The first-order valence-corrected chi connectivity index (χ1v) is 8.16. The van der Waals surface area contributed by atoms with Crippen LogP contribution in [0.3, 0.4) is 0 Å².